The van der Waals surface area contributed by atoms with Crippen LogP contribution in [-0.2, 0) is 17.9 Å². The van der Waals surface area contributed by atoms with E-state index in [1.165, 1.54) is 11.6 Å². The minimum Gasteiger partial charge on any atom is -0.493 e. The molecule has 1 fully saturated rings. The third-order valence-electron chi connectivity index (χ3n) is 4.85. The molecule has 0 amide bonds. The van der Waals surface area contributed by atoms with Crippen molar-refractivity contribution in [2.75, 3.05) is 34.4 Å². The van der Waals surface area contributed by atoms with Gasteiger partial charge >= 0.3 is 0 Å². The average Bonchev–Trinajstić information content (AvgIpc) is 2.68. The molecule has 146 valence electrons. The zero-order valence-corrected chi connectivity index (χ0v) is 16.2. The molecule has 2 heterocycles. The second-order valence-electron chi connectivity index (χ2n) is 6.82. The number of nitrogens with one attached hydrogen (secondary N) is 1. The molecule has 0 bridgehead atoms. The van der Waals surface area contributed by atoms with Crippen LogP contribution in [0.1, 0.15) is 35.8 Å². The van der Waals surface area contributed by atoms with Gasteiger partial charge in [0.25, 0.3) is 5.56 Å². The van der Waals surface area contributed by atoms with Crippen LogP contribution >= 0.6 is 0 Å². The number of hydrogen-bond donors (Lipinski definition) is 1. The van der Waals surface area contributed by atoms with E-state index in [4.69, 9.17) is 14.2 Å². The maximum atomic E-state index is 11.9. The molecule has 1 atom stereocenters. The highest BCUT2D eigenvalue weighted by Crippen LogP contribution is 2.30. The van der Waals surface area contributed by atoms with E-state index in [-0.39, 0.29) is 11.5 Å². The minimum absolute atomic E-state index is 0.121. The molecular formula is C20H27N3O4. The Morgan fingerprint density at radius 2 is 2.00 bits per heavy atom. The second-order valence-corrected chi connectivity index (χ2v) is 6.82. The van der Waals surface area contributed by atoms with Gasteiger partial charge in [0.2, 0.25) is 0 Å². The highest BCUT2D eigenvalue weighted by atomic mass is 16.5. The van der Waals surface area contributed by atoms with Gasteiger partial charge in [0, 0.05) is 32.2 Å². The van der Waals surface area contributed by atoms with Crippen LogP contribution in [0, 0.1) is 0 Å². The van der Waals surface area contributed by atoms with E-state index in [1.807, 2.05) is 12.1 Å². The van der Waals surface area contributed by atoms with Crippen molar-refractivity contribution in [3.05, 3.63) is 51.7 Å². The van der Waals surface area contributed by atoms with E-state index in [0.717, 1.165) is 49.8 Å². The summed E-state index contributed by atoms with van der Waals surface area (Å²) in [6, 6.07) is 7.51. The molecule has 27 heavy (non-hydrogen) atoms. The van der Waals surface area contributed by atoms with Crippen LogP contribution in [-0.4, -0.2) is 49.3 Å². The number of likely N-dealkylation sites (tertiary alicyclic amines) is 1. The lowest BCUT2D eigenvalue weighted by Gasteiger charge is -2.32. The number of rotatable bonds is 7. The lowest BCUT2D eigenvalue weighted by molar-refractivity contribution is 0.178. The zero-order chi connectivity index (χ0) is 19.2. The molecule has 2 aromatic rings. The van der Waals surface area contributed by atoms with Gasteiger partial charge in [-0.3, -0.25) is 9.69 Å². The first-order valence-electron chi connectivity index (χ1n) is 9.15. The van der Waals surface area contributed by atoms with Gasteiger partial charge in [-0.1, -0.05) is 6.07 Å². The topological polar surface area (TPSA) is 76.7 Å². The molecule has 1 aliphatic rings. The van der Waals surface area contributed by atoms with Crippen molar-refractivity contribution in [2.24, 2.45) is 0 Å². The molecule has 1 aliphatic heterocycles. The summed E-state index contributed by atoms with van der Waals surface area (Å²) in [5.41, 5.74) is 1.72. The summed E-state index contributed by atoms with van der Waals surface area (Å²) in [5, 5.41) is 0. The molecule has 0 saturated carbocycles. The van der Waals surface area contributed by atoms with E-state index < -0.39 is 0 Å². The fraction of sp³-hybridized carbons (Fsp3) is 0.500. The molecule has 3 rings (SSSR count). The maximum Gasteiger partial charge on any atom is 0.251 e. The van der Waals surface area contributed by atoms with Crippen molar-refractivity contribution in [2.45, 2.75) is 31.9 Å². The predicted molar refractivity (Wildman–Crippen MR) is 102 cm³/mol. The first kappa shape index (κ1) is 19.4. The Balaban J connectivity index is 1.72. The Morgan fingerprint density at radius 1 is 1.19 bits per heavy atom. The molecule has 1 saturated heterocycles. The SMILES string of the molecule is COCc1cc(=O)[nH]c([C@@H]2CCCN(Cc3ccc(OC)c(OC)c3)C2)n1. The van der Waals surface area contributed by atoms with Gasteiger partial charge in [0.15, 0.2) is 11.5 Å². The molecule has 0 radical (unpaired) electrons. The Morgan fingerprint density at radius 3 is 2.74 bits per heavy atom. The lowest BCUT2D eigenvalue weighted by atomic mass is 9.96. The van der Waals surface area contributed by atoms with E-state index in [2.05, 4.69) is 20.9 Å². The number of piperidine rings is 1. The molecule has 1 aromatic heterocycles. The highest BCUT2D eigenvalue weighted by molar-refractivity contribution is 5.42. The number of hydrogen-bond acceptors (Lipinski definition) is 6. The van der Waals surface area contributed by atoms with Crippen LogP contribution in [0.2, 0.25) is 0 Å². The van der Waals surface area contributed by atoms with Gasteiger partial charge in [-0.15, -0.1) is 0 Å². The summed E-state index contributed by atoms with van der Waals surface area (Å²) in [6.07, 6.45) is 2.08. The number of nitrogens with zero attached hydrogens (tertiary/aromatic N) is 2. The van der Waals surface area contributed by atoms with Crippen LogP contribution < -0.4 is 15.0 Å². The van der Waals surface area contributed by atoms with Crippen LogP contribution in [0.4, 0.5) is 0 Å². The third-order valence-corrected chi connectivity index (χ3v) is 4.85. The van der Waals surface area contributed by atoms with Gasteiger partial charge in [-0.2, -0.15) is 0 Å². The number of aromatic nitrogens is 2. The summed E-state index contributed by atoms with van der Waals surface area (Å²) < 4.78 is 15.8. The summed E-state index contributed by atoms with van der Waals surface area (Å²) in [7, 11) is 4.89. The van der Waals surface area contributed by atoms with Gasteiger partial charge in [-0.25, -0.2) is 4.98 Å². The van der Waals surface area contributed by atoms with Crippen molar-refractivity contribution in [1.29, 1.82) is 0 Å². The van der Waals surface area contributed by atoms with Crippen molar-refractivity contribution in [3.8, 4) is 11.5 Å². The fourth-order valence-electron chi connectivity index (χ4n) is 3.60. The third kappa shape index (κ3) is 4.87. The summed E-state index contributed by atoms with van der Waals surface area (Å²) in [4.78, 5) is 21.8. The molecule has 1 N–H and O–H groups in total. The molecular weight excluding hydrogens is 346 g/mol. The van der Waals surface area contributed by atoms with Crippen molar-refractivity contribution < 1.29 is 14.2 Å². The Bertz CT molecular complexity index is 821. The van der Waals surface area contributed by atoms with Crippen LogP contribution in [0.25, 0.3) is 0 Å². The maximum absolute atomic E-state index is 11.9. The van der Waals surface area contributed by atoms with Gasteiger partial charge in [0.05, 0.1) is 26.5 Å². The normalized spacial score (nSPS) is 17.7. The number of benzene rings is 1. The first-order chi connectivity index (χ1) is 13.1. The number of methoxy groups -OCH3 is 3. The van der Waals surface area contributed by atoms with E-state index in [9.17, 15) is 4.79 Å². The number of aromatic amines is 1. The first-order valence-corrected chi connectivity index (χ1v) is 9.15. The van der Waals surface area contributed by atoms with E-state index >= 15 is 0 Å². The molecule has 0 spiro atoms. The van der Waals surface area contributed by atoms with Crippen LogP contribution in [0.3, 0.4) is 0 Å². The van der Waals surface area contributed by atoms with Gasteiger partial charge in [0.1, 0.15) is 5.82 Å². The Labute approximate surface area is 159 Å². The quantitative estimate of drug-likeness (QED) is 0.803. The largest absolute Gasteiger partial charge is 0.493 e. The van der Waals surface area contributed by atoms with Crippen molar-refractivity contribution in [3.63, 3.8) is 0 Å². The minimum atomic E-state index is -0.121. The summed E-state index contributed by atoms with van der Waals surface area (Å²) >= 11 is 0. The fourth-order valence-corrected chi connectivity index (χ4v) is 3.60. The van der Waals surface area contributed by atoms with Crippen LogP contribution in [0.5, 0.6) is 11.5 Å². The van der Waals surface area contributed by atoms with E-state index in [0.29, 0.717) is 12.3 Å². The summed E-state index contributed by atoms with van der Waals surface area (Å²) in [6.45, 7) is 3.04. The van der Waals surface area contributed by atoms with Crippen molar-refractivity contribution >= 4 is 0 Å². The lowest BCUT2D eigenvalue weighted by Crippen LogP contribution is -2.35. The Hall–Kier alpha value is -2.38. The molecule has 0 aliphatic carbocycles. The predicted octanol–water partition coefficient (Wildman–Crippen LogP) is 2.31. The number of ether oxygens (including phenoxy) is 3. The number of H-pyrrole nitrogens is 1. The average molecular weight is 373 g/mol. The molecule has 0 unspecified atom stereocenters. The van der Waals surface area contributed by atoms with Crippen LogP contribution in [0.15, 0.2) is 29.1 Å². The second kappa shape index (κ2) is 9.01. The van der Waals surface area contributed by atoms with Crippen molar-refractivity contribution in [1.82, 2.24) is 14.9 Å². The zero-order valence-electron chi connectivity index (χ0n) is 16.2. The summed E-state index contributed by atoms with van der Waals surface area (Å²) in [5.74, 6) is 2.44. The Kier molecular flexibility index (Phi) is 6.47. The monoisotopic (exact) mass is 373 g/mol. The highest BCUT2D eigenvalue weighted by Gasteiger charge is 2.24. The van der Waals surface area contributed by atoms with Gasteiger partial charge < -0.3 is 19.2 Å². The standard InChI is InChI=1S/C20H27N3O4/c1-25-13-16-10-19(24)22-20(21-16)15-5-4-8-23(12-15)11-14-6-7-17(26-2)18(9-14)27-3/h6-7,9-10,15H,4-5,8,11-13H2,1-3H3,(H,21,22,24)/t15-/m1/s1. The molecule has 7 nitrogen and oxygen atoms in total. The van der Waals surface area contributed by atoms with Gasteiger partial charge in [-0.05, 0) is 37.1 Å². The van der Waals surface area contributed by atoms with E-state index in [1.54, 1.807) is 21.3 Å². The smallest absolute Gasteiger partial charge is 0.251 e. The molecule has 1 aromatic carbocycles. The molecule has 7 heteroatoms.